The number of rotatable bonds is 5. The highest BCUT2D eigenvalue weighted by molar-refractivity contribution is 7.99. The minimum absolute atomic E-state index is 0.159. The molecule has 1 unspecified atom stereocenters. The summed E-state index contributed by atoms with van der Waals surface area (Å²) in [6.07, 6.45) is 10.0. The van der Waals surface area contributed by atoms with Gasteiger partial charge in [0.2, 0.25) is 0 Å². The molecule has 3 nitrogen and oxygen atoms in total. The Hall–Kier alpha value is -0.480. The molecule has 4 heteroatoms. The van der Waals surface area contributed by atoms with E-state index in [0.717, 1.165) is 23.0 Å². The zero-order valence-electron chi connectivity index (χ0n) is 9.80. The van der Waals surface area contributed by atoms with E-state index >= 15 is 0 Å². The van der Waals surface area contributed by atoms with Crippen molar-refractivity contribution in [3.63, 3.8) is 0 Å². The van der Waals surface area contributed by atoms with Gasteiger partial charge in [0.25, 0.3) is 0 Å². The molecule has 1 N–H and O–H groups in total. The molecule has 90 valence electrons. The second-order valence-corrected chi connectivity index (χ2v) is 5.79. The summed E-state index contributed by atoms with van der Waals surface area (Å²) in [5, 5.41) is 14.0. The van der Waals surface area contributed by atoms with Gasteiger partial charge in [-0.05, 0) is 12.3 Å². The molecule has 1 saturated carbocycles. The third-order valence-electron chi connectivity index (χ3n) is 3.20. The summed E-state index contributed by atoms with van der Waals surface area (Å²) >= 11 is 1.70. The van der Waals surface area contributed by atoms with E-state index < -0.39 is 0 Å². The van der Waals surface area contributed by atoms with Crippen molar-refractivity contribution in [1.82, 2.24) is 9.78 Å². The summed E-state index contributed by atoms with van der Waals surface area (Å²) in [4.78, 5) is 1.15. The van der Waals surface area contributed by atoms with Crippen LogP contribution in [0.4, 0.5) is 0 Å². The van der Waals surface area contributed by atoms with Gasteiger partial charge in [-0.3, -0.25) is 4.68 Å². The van der Waals surface area contributed by atoms with E-state index in [2.05, 4.69) is 5.10 Å². The number of hydrogen-bond donors (Lipinski definition) is 1. The fourth-order valence-electron chi connectivity index (χ4n) is 2.36. The molecule has 1 aliphatic rings. The molecule has 0 aromatic carbocycles. The summed E-state index contributed by atoms with van der Waals surface area (Å²) in [5.74, 6) is 1.56. The maximum absolute atomic E-state index is 9.93. The van der Waals surface area contributed by atoms with Gasteiger partial charge in [-0.15, -0.1) is 11.8 Å². The van der Waals surface area contributed by atoms with Crippen molar-refractivity contribution in [3.8, 4) is 0 Å². The van der Waals surface area contributed by atoms with Crippen LogP contribution in [0, 0.1) is 5.92 Å². The minimum Gasteiger partial charge on any atom is -0.392 e. The second-order valence-electron chi connectivity index (χ2n) is 4.70. The third-order valence-corrected chi connectivity index (χ3v) is 4.30. The van der Waals surface area contributed by atoms with Crippen LogP contribution in [-0.4, -0.2) is 26.7 Å². The Kier molecular flexibility index (Phi) is 4.29. The lowest BCUT2D eigenvalue weighted by Crippen LogP contribution is -2.14. The highest BCUT2D eigenvalue weighted by Gasteiger charge is 2.18. The summed E-state index contributed by atoms with van der Waals surface area (Å²) in [6, 6.07) is 0. The van der Waals surface area contributed by atoms with Crippen LogP contribution in [0.3, 0.4) is 0 Å². The maximum atomic E-state index is 9.93. The topological polar surface area (TPSA) is 38.0 Å². The van der Waals surface area contributed by atoms with Crippen LogP contribution in [0.25, 0.3) is 0 Å². The molecule has 1 fully saturated rings. The van der Waals surface area contributed by atoms with Gasteiger partial charge in [-0.1, -0.05) is 25.7 Å². The molecule has 0 bridgehead atoms. The van der Waals surface area contributed by atoms with Gasteiger partial charge in [0.1, 0.15) is 0 Å². The van der Waals surface area contributed by atoms with Gasteiger partial charge in [0, 0.05) is 23.9 Å². The molecule has 1 heterocycles. The zero-order chi connectivity index (χ0) is 11.4. The molecule has 1 aromatic heterocycles. The lowest BCUT2D eigenvalue weighted by atomic mass is 10.0. The van der Waals surface area contributed by atoms with Crippen molar-refractivity contribution in [2.45, 2.75) is 43.1 Å². The van der Waals surface area contributed by atoms with Crippen LogP contribution < -0.4 is 0 Å². The lowest BCUT2D eigenvalue weighted by molar-refractivity contribution is 0.166. The Bertz CT molecular complexity index is 321. The smallest absolute Gasteiger partial charge is 0.0636 e. The fraction of sp³-hybridized carbons (Fsp3) is 0.750. The van der Waals surface area contributed by atoms with Gasteiger partial charge in [-0.2, -0.15) is 5.10 Å². The Balaban J connectivity index is 1.68. The average Bonchev–Trinajstić information content (AvgIpc) is 2.87. The molecule has 0 spiro atoms. The molecule has 1 atom stereocenters. The zero-order valence-corrected chi connectivity index (χ0v) is 10.6. The van der Waals surface area contributed by atoms with Crippen LogP contribution in [0.15, 0.2) is 17.3 Å². The first-order chi connectivity index (χ1) is 7.74. The Morgan fingerprint density at radius 1 is 1.56 bits per heavy atom. The number of hydrogen-bond acceptors (Lipinski definition) is 3. The van der Waals surface area contributed by atoms with Crippen molar-refractivity contribution < 1.29 is 5.11 Å². The molecule has 0 aliphatic heterocycles. The van der Waals surface area contributed by atoms with Gasteiger partial charge in [-0.25, -0.2) is 0 Å². The Labute approximate surface area is 101 Å². The first kappa shape index (κ1) is 12.0. The van der Waals surface area contributed by atoms with Crippen LogP contribution in [0.1, 0.15) is 32.1 Å². The molecule has 16 heavy (non-hydrogen) atoms. The van der Waals surface area contributed by atoms with Gasteiger partial charge in [0.15, 0.2) is 0 Å². The number of aliphatic hydroxyl groups excluding tert-OH is 1. The number of aliphatic hydroxyl groups is 1. The third kappa shape index (κ3) is 3.52. The maximum Gasteiger partial charge on any atom is 0.0636 e. The first-order valence-corrected chi connectivity index (χ1v) is 7.02. The predicted octanol–water partition coefficient (Wildman–Crippen LogP) is 2.45. The summed E-state index contributed by atoms with van der Waals surface area (Å²) in [7, 11) is 1.92. The van der Waals surface area contributed by atoms with Crippen molar-refractivity contribution in [2.75, 3.05) is 5.75 Å². The summed E-state index contributed by atoms with van der Waals surface area (Å²) < 4.78 is 1.80. The van der Waals surface area contributed by atoms with Crippen molar-refractivity contribution in [2.24, 2.45) is 13.0 Å². The average molecular weight is 240 g/mol. The van der Waals surface area contributed by atoms with Crippen molar-refractivity contribution in [3.05, 3.63) is 12.4 Å². The fourth-order valence-corrected chi connectivity index (χ4v) is 3.23. The Morgan fingerprint density at radius 2 is 2.31 bits per heavy atom. The monoisotopic (exact) mass is 240 g/mol. The van der Waals surface area contributed by atoms with Gasteiger partial charge < -0.3 is 5.11 Å². The lowest BCUT2D eigenvalue weighted by Gasteiger charge is -2.14. The van der Waals surface area contributed by atoms with Crippen molar-refractivity contribution >= 4 is 11.8 Å². The van der Waals surface area contributed by atoms with Crippen LogP contribution in [0.2, 0.25) is 0 Å². The number of aromatic nitrogens is 2. The van der Waals surface area contributed by atoms with Crippen LogP contribution >= 0.6 is 11.8 Å². The van der Waals surface area contributed by atoms with E-state index in [9.17, 15) is 5.11 Å². The normalized spacial score (nSPS) is 19.1. The van der Waals surface area contributed by atoms with E-state index in [-0.39, 0.29) is 6.10 Å². The molecule has 0 saturated heterocycles. The molecule has 0 radical (unpaired) electrons. The quantitative estimate of drug-likeness (QED) is 0.803. The van der Waals surface area contributed by atoms with E-state index in [4.69, 9.17) is 0 Å². The molecule has 1 aliphatic carbocycles. The summed E-state index contributed by atoms with van der Waals surface area (Å²) in [5.41, 5.74) is 0. The Morgan fingerprint density at radius 3 is 2.94 bits per heavy atom. The summed E-state index contributed by atoms with van der Waals surface area (Å²) in [6.45, 7) is 0. The highest BCUT2D eigenvalue weighted by Crippen LogP contribution is 2.29. The minimum atomic E-state index is -0.159. The number of aryl methyl sites for hydroxylation is 1. The predicted molar refractivity (Wildman–Crippen MR) is 66.5 cm³/mol. The number of thioether (sulfide) groups is 1. The first-order valence-electron chi connectivity index (χ1n) is 6.03. The number of nitrogens with zero attached hydrogens (tertiary/aromatic N) is 2. The van der Waals surface area contributed by atoms with E-state index in [1.807, 2.05) is 19.4 Å². The van der Waals surface area contributed by atoms with E-state index in [1.165, 1.54) is 25.7 Å². The van der Waals surface area contributed by atoms with E-state index in [0.29, 0.717) is 0 Å². The van der Waals surface area contributed by atoms with Crippen molar-refractivity contribution in [1.29, 1.82) is 0 Å². The largest absolute Gasteiger partial charge is 0.392 e. The molecular weight excluding hydrogens is 220 g/mol. The second kappa shape index (κ2) is 5.73. The molecule has 2 rings (SSSR count). The van der Waals surface area contributed by atoms with Crippen LogP contribution in [0.5, 0.6) is 0 Å². The highest BCUT2D eigenvalue weighted by atomic mass is 32.2. The molecular formula is C12H20N2OS. The molecule has 1 aromatic rings. The SMILES string of the molecule is Cn1cc(SCC(O)CC2CCCC2)cn1. The van der Waals surface area contributed by atoms with Gasteiger partial charge in [0.05, 0.1) is 12.3 Å². The van der Waals surface area contributed by atoms with Crippen LogP contribution in [-0.2, 0) is 7.05 Å². The standard InChI is InChI=1S/C12H20N2OS/c1-14-8-12(7-13-14)16-9-11(15)6-10-4-2-3-5-10/h7-8,10-11,15H,2-6,9H2,1H3. The van der Waals surface area contributed by atoms with Gasteiger partial charge >= 0.3 is 0 Å². The molecule has 0 amide bonds. The van der Waals surface area contributed by atoms with E-state index in [1.54, 1.807) is 16.4 Å².